The van der Waals surface area contributed by atoms with Crippen LogP contribution in [0.2, 0.25) is 0 Å². The maximum Gasteiger partial charge on any atom is 0.251 e. The first kappa shape index (κ1) is 13.6. The molecule has 0 saturated heterocycles. The summed E-state index contributed by atoms with van der Waals surface area (Å²) in [6, 6.07) is 4.10. The number of nitrogens with one attached hydrogen (secondary N) is 1. The van der Waals surface area contributed by atoms with Crippen LogP contribution in [0.4, 0.5) is 4.39 Å². The van der Waals surface area contributed by atoms with Gasteiger partial charge in [-0.25, -0.2) is 9.37 Å². The van der Waals surface area contributed by atoms with Crippen molar-refractivity contribution in [3.8, 4) is 5.75 Å². The number of hydrogen-bond donors (Lipinski definition) is 1. The number of halogens is 1. The number of hydrogen-bond acceptors (Lipinski definition) is 4. The zero-order valence-electron chi connectivity index (χ0n) is 11.2. The molecule has 1 amide bonds. The summed E-state index contributed by atoms with van der Waals surface area (Å²) >= 11 is 1.52. The van der Waals surface area contributed by atoms with Gasteiger partial charge < -0.3 is 10.1 Å². The van der Waals surface area contributed by atoms with Crippen molar-refractivity contribution in [2.24, 2.45) is 0 Å². The lowest BCUT2D eigenvalue weighted by atomic mass is 10.2. The van der Waals surface area contributed by atoms with Crippen molar-refractivity contribution >= 4 is 22.2 Å². The van der Waals surface area contributed by atoms with E-state index in [0.717, 1.165) is 16.7 Å². The maximum absolute atomic E-state index is 13.6. The van der Waals surface area contributed by atoms with Crippen LogP contribution in [-0.4, -0.2) is 22.4 Å². The lowest BCUT2D eigenvalue weighted by molar-refractivity contribution is 0.0950. The van der Waals surface area contributed by atoms with E-state index in [4.69, 9.17) is 4.74 Å². The number of amides is 1. The van der Waals surface area contributed by atoms with Crippen LogP contribution in [0.15, 0.2) is 36.0 Å². The highest BCUT2D eigenvalue weighted by atomic mass is 32.1. The first-order chi connectivity index (χ1) is 10.2. The van der Waals surface area contributed by atoms with Gasteiger partial charge in [0, 0.05) is 23.3 Å². The van der Waals surface area contributed by atoms with Crippen LogP contribution in [-0.2, 0) is 6.54 Å². The standard InChI is InChI=1S/C14H12FN3O2S/c1-20-12-3-2-9(6-11(12)15)13(19)16-7-10-8-18-4-5-21-14(18)17-10/h2-6,8H,7H2,1H3,(H,16,19). The molecule has 0 aliphatic carbocycles. The molecule has 0 radical (unpaired) electrons. The highest BCUT2D eigenvalue weighted by molar-refractivity contribution is 7.15. The van der Waals surface area contributed by atoms with Crippen LogP contribution in [0.25, 0.3) is 4.96 Å². The summed E-state index contributed by atoms with van der Waals surface area (Å²) in [5.74, 6) is -0.804. The summed E-state index contributed by atoms with van der Waals surface area (Å²) in [7, 11) is 1.38. The summed E-state index contributed by atoms with van der Waals surface area (Å²) in [6.07, 6.45) is 3.75. The average Bonchev–Trinajstić information content (AvgIpc) is 3.05. The lowest BCUT2D eigenvalue weighted by Crippen LogP contribution is -2.23. The molecule has 0 fully saturated rings. The highest BCUT2D eigenvalue weighted by Crippen LogP contribution is 2.17. The van der Waals surface area contributed by atoms with Gasteiger partial charge in [-0.15, -0.1) is 11.3 Å². The van der Waals surface area contributed by atoms with Crippen molar-refractivity contribution in [1.29, 1.82) is 0 Å². The van der Waals surface area contributed by atoms with E-state index in [1.165, 1.54) is 30.6 Å². The summed E-state index contributed by atoms with van der Waals surface area (Å²) < 4.78 is 20.3. The molecular weight excluding hydrogens is 293 g/mol. The molecule has 21 heavy (non-hydrogen) atoms. The summed E-state index contributed by atoms with van der Waals surface area (Å²) in [5.41, 5.74) is 0.999. The van der Waals surface area contributed by atoms with E-state index in [-0.39, 0.29) is 17.2 Å². The van der Waals surface area contributed by atoms with E-state index in [0.29, 0.717) is 6.54 Å². The summed E-state index contributed by atoms with van der Waals surface area (Å²) in [5, 5.41) is 4.65. The third kappa shape index (κ3) is 2.73. The second-order valence-corrected chi connectivity index (χ2v) is 5.23. The molecule has 0 saturated carbocycles. The van der Waals surface area contributed by atoms with Crippen molar-refractivity contribution in [3.63, 3.8) is 0 Å². The Balaban J connectivity index is 1.68. The Bertz CT molecular complexity index is 768. The zero-order chi connectivity index (χ0) is 14.8. The third-order valence-electron chi connectivity index (χ3n) is 2.99. The lowest BCUT2D eigenvalue weighted by Gasteiger charge is -2.05. The SMILES string of the molecule is COc1ccc(C(=O)NCc2cn3ccsc3n2)cc1F. The normalized spacial score (nSPS) is 10.8. The number of rotatable bonds is 4. The molecule has 1 N–H and O–H groups in total. The quantitative estimate of drug-likeness (QED) is 0.805. The van der Waals surface area contributed by atoms with Crippen molar-refractivity contribution in [2.75, 3.05) is 7.11 Å². The molecule has 1 aromatic carbocycles. The molecular formula is C14H12FN3O2S. The fraction of sp³-hybridized carbons (Fsp3) is 0.143. The van der Waals surface area contributed by atoms with Gasteiger partial charge in [-0.05, 0) is 18.2 Å². The molecule has 0 aliphatic rings. The highest BCUT2D eigenvalue weighted by Gasteiger charge is 2.11. The van der Waals surface area contributed by atoms with Gasteiger partial charge in [0.1, 0.15) is 0 Å². The zero-order valence-corrected chi connectivity index (χ0v) is 12.0. The molecule has 2 aromatic heterocycles. The summed E-state index contributed by atoms with van der Waals surface area (Å²) in [4.78, 5) is 17.2. The minimum Gasteiger partial charge on any atom is -0.494 e. The van der Waals surface area contributed by atoms with Gasteiger partial charge in [-0.2, -0.15) is 0 Å². The molecule has 108 valence electrons. The predicted molar refractivity (Wildman–Crippen MR) is 77.2 cm³/mol. The molecule has 5 nitrogen and oxygen atoms in total. The van der Waals surface area contributed by atoms with Crippen LogP contribution >= 0.6 is 11.3 Å². The average molecular weight is 305 g/mol. The molecule has 7 heteroatoms. The topological polar surface area (TPSA) is 55.6 Å². The van der Waals surface area contributed by atoms with Gasteiger partial charge in [0.2, 0.25) is 0 Å². The molecule has 0 unspecified atom stereocenters. The number of ether oxygens (including phenoxy) is 1. The molecule has 2 heterocycles. The first-order valence-corrected chi connectivity index (χ1v) is 7.08. The van der Waals surface area contributed by atoms with Crippen molar-refractivity contribution in [1.82, 2.24) is 14.7 Å². The summed E-state index contributed by atoms with van der Waals surface area (Å²) in [6.45, 7) is 0.293. The smallest absolute Gasteiger partial charge is 0.251 e. The minimum absolute atomic E-state index is 0.112. The second-order valence-electron chi connectivity index (χ2n) is 4.36. The van der Waals surface area contributed by atoms with E-state index in [1.807, 2.05) is 22.2 Å². The number of methoxy groups -OCH3 is 1. The molecule has 3 aromatic rings. The number of carbonyl (C=O) groups is 1. The Labute approximate surface area is 124 Å². The maximum atomic E-state index is 13.6. The number of fused-ring (bicyclic) bond motifs is 1. The van der Waals surface area contributed by atoms with Gasteiger partial charge in [0.25, 0.3) is 5.91 Å². The van der Waals surface area contributed by atoms with E-state index >= 15 is 0 Å². The molecule has 0 spiro atoms. The monoisotopic (exact) mass is 305 g/mol. The van der Waals surface area contributed by atoms with E-state index < -0.39 is 5.82 Å². The van der Waals surface area contributed by atoms with Gasteiger partial charge in [-0.1, -0.05) is 0 Å². The van der Waals surface area contributed by atoms with Crippen molar-refractivity contribution in [2.45, 2.75) is 6.54 Å². The van der Waals surface area contributed by atoms with Crippen LogP contribution in [0.5, 0.6) is 5.75 Å². The molecule has 0 bridgehead atoms. The van der Waals surface area contributed by atoms with Crippen molar-refractivity contribution in [3.05, 3.63) is 53.0 Å². The number of thiazole rings is 1. The second kappa shape index (κ2) is 5.53. The molecule has 0 aliphatic heterocycles. The Kier molecular flexibility index (Phi) is 3.57. The fourth-order valence-corrected chi connectivity index (χ4v) is 2.66. The number of carbonyl (C=O) groups excluding carboxylic acids is 1. The first-order valence-electron chi connectivity index (χ1n) is 6.20. The van der Waals surface area contributed by atoms with E-state index in [2.05, 4.69) is 10.3 Å². The Hall–Kier alpha value is -2.41. The van der Waals surface area contributed by atoms with Gasteiger partial charge in [0.05, 0.1) is 19.3 Å². The molecule has 0 atom stereocenters. The number of benzene rings is 1. The largest absolute Gasteiger partial charge is 0.494 e. The van der Waals surface area contributed by atoms with E-state index in [9.17, 15) is 9.18 Å². The third-order valence-corrected chi connectivity index (χ3v) is 3.76. The minimum atomic E-state index is -0.562. The number of aromatic nitrogens is 2. The fourth-order valence-electron chi connectivity index (χ4n) is 1.94. The van der Waals surface area contributed by atoms with E-state index in [1.54, 1.807) is 0 Å². The Morgan fingerprint density at radius 2 is 2.38 bits per heavy atom. The van der Waals surface area contributed by atoms with Crippen molar-refractivity contribution < 1.29 is 13.9 Å². The van der Waals surface area contributed by atoms with Crippen LogP contribution < -0.4 is 10.1 Å². The predicted octanol–water partition coefficient (Wildman–Crippen LogP) is 2.47. The van der Waals surface area contributed by atoms with Gasteiger partial charge in [0.15, 0.2) is 16.5 Å². The molecule has 3 rings (SSSR count). The van der Waals surface area contributed by atoms with Crippen LogP contribution in [0.3, 0.4) is 0 Å². The number of imidazole rings is 1. The Morgan fingerprint density at radius 3 is 3.10 bits per heavy atom. The van der Waals surface area contributed by atoms with Crippen LogP contribution in [0, 0.1) is 5.82 Å². The van der Waals surface area contributed by atoms with Crippen LogP contribution in [0.1, 0.15) is 16.1 Å². The van der Waals surface area contributed by atoms with Gasteiger partial charge in [-0.3, -0.25) is 9.20 Å². The van der Waals surface area contributed by atoms with Gasteiger partial charge >= 0.3 is 0 Å². The number of nitrogens with zero attached hydrogens (tertiary/aromatic N) is 2. The Morgan fingerprint density at radius 1 is 1.52 bits per heavy atom.